The van der Waals surface area contributed by atoms with Crippen molar-refractivity contribution in [3.63, 3.8) is 0 Å². The molecule has 0 aliphatic carbocycles. The first-order valence-corrected chi connectivity index (χ1v) is 6.62. The summed E-state index contributed by atoms with van der Waals surface area (Å²) >= 11 is 6.13. The molecule has 0 aromatic heterocycles. The number of carbonyl (C=O) groups excluding carboxylic acids is 1. The molecule has 1 N–H and O–H groups in total. The average molecular weight is 284 g/mol. The number of fused-ring (bicyclic) bond motifs is 1. The molecule has 0 spiro atoms. The van der Waals surface area contributed by atoms with Crippen LogP contribution < -0.4 is 14.8 Å². The number of ether oxygens (including phenoxy) is 2. The molecule has 1 aromatic carbocycles. The zero-order chi connectivity index (χ0) is 14.0. The van der Waals surface area contributed by atoms with Gasteiger partial charge in [-0.25, -0.2) is 0 Å². The molecule has 0 saturated carbocycles. The molecule has 1 aliphatic rings. The summed E-state index contributed by atoms with van der Waals surface area (Å²) < 4.78 is 10.9. The van der Waals surface area contributed by atoms with Crippen LogP contribution in [0.3, 0.4) is 0 Å². The van der Waals surface area contributed by atoms with Crippen LogP contribution in [0.15, 0.2) is 12.1 Å². The maximum absolute atomic E-state index is 11.9. The Morgan fingerprint density at radius 1 is 1.32 bits per heavy atom. The second-order valence-electron chi connectivity index (χ2n) is 5.58. The molecule has 0 fully saturated rings. The Kier molecular flexibility index (Phi) is 3.90. The summed E-state index contributed by atoms with van der Waals surface area (Å²) in [6, 6.07) is 3.56. The molecule has 0 bridgehead atoms. The van der Waals surface area contributed by atoms with Gasteiger partial charge in [0.1, 0.15) is 13.2 Å². The lowest BCUT2D eigenvalue weighted by molar-refractivity contribution is -0.121. The maximum atomic E-state index is 11.9. The lowest BCUT2D eigenvalue weighted by Crippen LogP contribution is -2.41. The van der Waals surface area contributed by atoms with Crippen LogP contribution in [-0.2, 0) is 11.2 Å². The second kappa shape index (κ2) is 5.29. The van der Waals surface area contributed by atoms with Gasteiger partial charge in [0.25, 0.3) is 0 Å². The van der Waals surface area contributed by atoms with E-state index in [0.29, 0.717) is 29.7 Å². The minimum atomic E-state index is -0.241. The molecule has 19 heavy (non-hydrogen) atoms. The zero-order valence-corrected chi connectivity index (χ0v) is 12.1. The van der Waals surface area contributed by atoms with E-state index in [1.807, 2.05) is 26.8 Å². The number of carbonyl (C=O) groups is 1. The fraction of sp³-hybridized carbons (Fsp3) is 0.500. The Bertz CT molecular complexity index is 494. The van der Waals surface area contributed by atoms with E-state index < -0.39 is 0 Å². The monoisotopic (exact) mass is 283 g/mol. The standard InChI is InChI=1S/C14H18ClNO3/c1-14(2,3)16-12(17)8-9-6-10(15)13-11(7-9)18-4-5-19-13/h6-7H,4-5,8H2,1-3H3,(H,16,17). The van der Waals surface area contributed by atoms with Crippen molar-refractivity contribution in [1.29, 1.82) is 0 Å². The predicted molar refractivity (Wildman–Crippen MR) is 74.0 cm³/mol. The van der Waals surface area contributed by atoms with Gasteiger partial charge in [0, 0.05) is 5.54 Å². The highest BCUT2D eigenvalue weighted by atomic mass is 35.5. The van der Waals surface area contributed by atoms with Gasteiger partial charge in [0.05, 0.1) is 11.4 Å². The van der Waals surface area contributed by atoms with E-state index in [1.54, 1.807) is 6.07 Å². The van der Waals surface area contributed by atoms with Crippen molar-refractivity contribution in [2.24, 2.45) is 0 Å². The lowest BCUT2D eigenvalue weighted by Gasteiger charge is -2.22. The molecular formula is C14H18ClNO3. The van der Waals surface area contributed by atoms with E-state index in [1.165, 1.54) is 0 Å². The van der Waals surface area contributed by atoms with Crippen LogP contribution in [-0.4, -0.2) is 24.7 Å². The van der Waals surface area contributed by atoms with Gasteiger partial charge < -0.3 is 14.8 Å². The van der Waals surface area contributed by atoms with Crippen LogP contribution in [0.25, 0.3) is 0 Å². The van der Waals surface area contributed by atoms with Gasteiger partial charge in [0.15, 0.2) is 11.5 Å². The van der Waals surface area contributed by atoms with Gasteiger partial charge in [-0.05, 0) is 38.5 Å². The number of halogens is 1. The fourth-order valence-electron chi connectivity index (χ4n) is 1.91. The Labute approximate surface area is 118 Å². The number of amides is 1. The molecular weight excluding hydrogens is 266 g/mol. The first-order valence-electron chi connectivity index (χ1n) is 6.24. The molecule has 0 saturated heterocycles. The lowest BCUT2D eigenvalue weighted by atomic mass is 10.1. The third-order valence-corrected chi connectivity index (χ3v) is 2.82. The molecule has 5 heteroatoms. The second-order valence-corrected chi connectivity index (χ2v) is 5.98. The van der Waals surface area contributed by atoms with E-state index >= 15 is 0 Å². The number of hydrogen-bond acceptors (Lipinski definition) is 3. The van der Waals surface area contributed by atoms with E-state index in [2.05, 4.69) is 5.32 Å². The molecule has 1 aromatic rings. The summed E-state index contributed by atoms with van der Waals surface area (Å²) in [7, 11) is 0. The fourth-order valence-corrected chi connectivity index (χ4v) is 2.20. The molecule has 2 rings (SSSR count). The van der Waals surface area contributed by atoms with Crippen LogP contribution in [0.4, 0.5) is 0 Å². The van der Waals surface area contributed by atoms with Crippen LogP contribution in [0, 0.1) is 0 Å². The average Bonchev–Trinajstić information content (AvgIpc) is 2.26. The highest BCUT2D eigenvalue weighted by molar-refractivity contribution is 6.32. The largest absolute Gasteiger partial charge is 0.486 e. The SMILES string of the molecule is CC(C)(C)NC(=O)Cc1cc(Cl)c2c(c1)OCCO2. The summed E-state index contributed by atoms with van der Waals surface area (Å²) in [6.07, 6.45) is 0.271. The van der Waals surface area contributed by atoms with Gasteiger partial charge in [-0.2, -0.15) is 0 Å². The van der Waals surface area contributed by atoms with Crippen molar-refractivity contribution in [3.05, 3.63) is 22.7 Å². The Hall–Kier alpha value is -1.42. The van der Waals surface area contributed by atoms with Crippen molar-refractivity contribution in [1.82, 2.24) is 5.32 Å². The summed E-state index contributed by atoms with van der Waals surface area (Å²) in [6.45, 7) is 6.84. The third-order valence-electron chi connectivity index (χ3n) is 2.54. The van der Waals surface area contributed by atoms with Crippen molar-refractivity contribution in [2.75, 3.05) is 13.2 Å². The maximum Gasteiger partial charge on any atom is 0.224 e. The Morgan fingerprint density at radius 3 is 2.68 bits per heavy atom. The Balaban J connectivity index is 2.13. The van der Waals surface area contributed by atoms with Crippen LogP contribution in [0.5, 0.6) is 11.5 Å². The van der Waals surface area contributed by atoms with Crippen LogP contribution in [0.2, 0.25) is 5.02 Å². The molecule has 1 amide bonds. The molecule has 1 heterocycles. The van der Waals surface area contributed by atoms with Gasteiger partial charge in [0.2, 0.25) is 5.91 Å². The summed E-state index contributed by atoms with van der Waals surface area (Å²) in [5, 5.41) is 3.40. The molecule has 4 nitrogen and oxygen atoms in total. The van der Waals surface area contributed by atoms with E-state index in [9.17, 15) is 4.79 Å². The van der Waals surface area contributed by atoms with Crippen molar-refractivity contribution in [3.8, 4) is 11.5 Å². The van der Waals surface area contributed by atoms with Gasteiger partial charge in [-0.3, -0.25) is 4.79 Å². The highest BCUT2D eigenvalue weighted by Gasteiger charge is 2.19. The smallest absolute Gasteiger partial charge is 0.224 e. The third kappa shape index (κ3) is 3.77. The minimum absolute atomic E-state index is 0.0414. The van der Waals surface area contributed by atoms with E-state index in [4.69, 9.17) is 21.1 Å². The van der Waals surface area contributed by atoms with Crippen molar-refractivity contribution < 1.29 is 14.3 Å². The molecule has 0 unspecified atom stereocenters. The normalized spacial score (nSPS) is 14.1. The molecule has 0 atom stereocenters. The predicted octanol–water partition coefficient (Wildman–Crippen LogP) is 2.57. The van der Waals surface area contributed by atoms with Gasteiger partial charge >= 0.3 is 0 Å². The van der Waals surface area contributed by atoms with E-state index in [0.717, 1.165) is 5.56 Å². The molecule has 1 aliphatic heterocycles. The zero-order valence-electron chi connectivity index (χ0n) is 11.4. The number of benzene rings is 1. The van der Waals surface area contributed by atoms with Gasteiger partial charge in [-0.1, -0.05) is 11.6 Å². The number of rotatable bonds is 2. The van der Waals surface area contributed by atoms with Crippen LogP contribution in [0.1, 0.15) is 26.3 Å². The van der Waals surface area contributed by atoms with E-state index in [-0.39, 0.29) is 17.9 Å². The van der Waals surface area contributed by atoms with Gasteiger partial charge in [-0.15, -0.1) is 0 Å². The summed E-state index contributed by atoms with van der Waals surface area (Å²) in [4.78, 5) is 11.9. The highest BCUT2D eigenvalue weighted by Crippen LogP contribution is 2.38. The van der Waals surface area contributed by atoms with Crippen molar-refractivity contribution in [2.45, 2.75) is 32.7 Å². The molecule has 104 valence electrons. The number of nitrogens with one attached hydrogen (secondary N) is 1. The first-order chi connectivity index (χ1) is 8.85. The minimum Gasteiger partial charge on any atom is -0.486 e. The quantitative estimate of drug-likeness (QED) is 0.907. The first kappa shape index (κ1) is 14.0. The number of hydrogen-bond donors (Lipinski definition) is 1. The molecule has 0 radical (unpaired) electrons. The van der Waals surface area contributed by atoms with Crippen LogP contribution >= 0.6 is 11.6 Å². The van der Waals surface area contributed by atoms with Crippen molar-refractivity contribution >= 4 is 17.5 Å². The topological polar surface area (TPSA) is 47.6 Å². The summed E-state index contributed by atoms with van der Waals surface area (Å²) in [5.74, 6) is 1.13. The Morgan fingerprint density at radius 2 is 2.00 bits per heavy atom. The summed E-state index contributed by atoms with van der Waals surface area (Å²) in [5.41, 5.74) is 0.574.